The van der Waals surface area contributed by atoms with Crippen molar-refractivity contribution in [3.8, 4) is 0 Å². The Morgan fingerprint density at radius 3 is 3.06 bits per heavy atom. The molecule has 0 aliphatic carbocycles. The van der Waals surface area contributed by atoms with Crippen LogP contribution >= 0.6 is 11.6 Å². The average Bonchev–Trinajstić information content (AvgIpc) is 2.75. The number of rotatable bonds is 1. The maximum atomic E-state index is 13.8. The van der Waals surface area contributed by atoms with Crippen LogP contribution in [0.15, 0.2) is 12.3 Å². The van der Waals surface area contributed by atoms with Crippen LogP contribution in [0.1, 0.15) is 6.42 Å². The van der Waals surface area contributed by atoms with Gasteiger partial charge in [-0.3, -0.25) is 0 Å². The van der Waals surface area contributed by atoms with Crippen molar-refractivity contribution in [1.82, 2.24) is 10.3 Å². The number of aromatic nitrogens is 1. The first-order chi connectivity index (χ1) is 8.24. The summed E-state index contributed by atoms with van der Waals surface area (Å²) in [6.07, 6.45) is 2.63. The highest BCUT2D eigenvalue weighted by Gasteiger charge is 2.33. The minimum atomic E-state index is -0.318. The van der Waals surface area contributed by atoms with Gasteiger partial charge in [-0.15, -0.1) is 0 Å². The Balaban J connectivity index is 1.80. The molecular formula is C12H15ClFN3. The number of anilines is 1. The Morgan fingerprint density at radius 1 is 1.41 bits per heavy atom. The number of hydrogen-bond acceptors (Lipinski definition) is 3. The molecule has 0 spiro atoms. The van der Waals surface area contributed by atoms with Crippen LogP contribution in [0.4, 0.5) is 10.2 Å². The van der Waals surface area contributed by atoms with Crippen molar-refractivity contribution < 1.29 is 4.39 Å². The summed E-state index contributed by atoms with van der Waals surface area (Å²) in [5.41, 5.74) is 0. The van der Waals surface area contributed by atoms with Gasteiger partial charge in [-0.2, -0.15) is 0 Å². The van der Waals surface area contributed by atoms with Crippen LogP contribution in [-0.4, -0.2) is 31.2 Å². The molecule has 3 rings (SSSR count). The van der Waals surface area contributed by atoms with Gasteiger partial charge in [0.25, 0.3) is 0 Å². The van der Waals surface area contributed by atoms with Gasteiger partial charge in [0.1, 0.15) is 0 Å². The van der Waals surface area contributed by atoms with Gasteiger partial charge in [-0.1, -0.05) is 11.6 Å². The van der Waals surface area contributed by atoms with Gasteiger partial charge in [-0.25, -0.2) is 9.37 Å². The molecule has 1 aromatic heterocycles. The summed E-state index contributed by atoms with van der Waals surface area (Å²) in [5.74, 6) is 1.50. The lowest BCUT2D eigenvalue weighted by Gasteiger charge is -2.35. The second-order valence-corrected chi connectivity index (χ2v) is 5.31. The fourth-order valence-corrected chi connectivity index (χ4v) is 3.01. The first kappa shape index (κ1) is 11.2. The van der Waals surface area contributed by atoms with Crippen molar-refractivity contribution in [2.24, 2.45) is 11.8 Å². The molecule has 2 saturated heterocycles. The fourth-order valence-electron chi connectivity index (χ4n) is 2.87. The van der Waals surface area contributed by atoms with E-state index < -0.39 is 0 Å². The Labute approximate surface area is 105 Å². The Bertz CT molecular complexity index is 426. The van der Waals surface area contributed by atoms with Crippen LogP contribution in [0.5, 0.6) is 0 Å². The van der Waals surface area contributed by atoms with E-state index in [0.717, 1.165) is 38.5 Å². The molecule has 92 valence electrons. The molecule has 3 heterocycles. The van der Waals surface area contributed by atoms with Crippen molar-refractivity contribution in [3.63, 3.8) is 0 Å². The van der Waals surface area contributed by atoms with Gasteiger partial charge in [0.15, 0.2) is 11.6 Å². The Morgan fingerprint density at radius 2 is 2.24 bits per heavy atom. The number of nitrogens with one attached hydrogen (secondary N) is 1. The average molecular weight is 256 g/mol. The number of halogens is 2. The standard InChI is InChI=1S/C12H15ClFN3/c13-10-3-11(14)12(16-6-10)17-2-1-8-4-15-5-9(8)7-17/h3,6,8-9,15H,1-2,4-5,7H2. The highest BCUT2D eigenvalue weighted by molar-refractivity contribution is 6.30. The largest absolute Gasteiger partial charge is 0.354 e. The molecule has 0 saturated carbocycles. The van der Waals surface area contributed by atoms with E-state index >= 15 is 0 Å². The lowest BCUT2D eigenvalue weighted by molar-refractivity contribution is 0.345. The lowest BCUT2D eigenvalue weighted by atomic mass is 9.89. The molecule has 0 aromatic carbocycles. The second-order valence-electron chi connectivity index (χ2n) is 4.87. The molecule has 17 heavy (non-hydrogen) atoms. The van der Waals surface area contributed by atoms with Crippen LogP contribution in [-0.2, 0) is 0 Å². The summed E-state index contributed by atoms with van der Waals surface area (Å²) in [6, 6.07) is 1.34. The molecule has 1 aromatic rings. The summed E-state index contributed by atoms with van der Waals surface area (Å²) in [5, 5.41) is 3.75. The molecule has 3 nitrogen and oxygen atoms in total. The van der Waals surface area contributed by atoms with Gasteiger partial charge < -0.3 is 10.2 Å². The van der Waals surface area contributed by atoms with Crippen LogP contribution < -0.4 is 10.2 Å². The minimum absolute atomic E-state index is 0.318. The monoisotopic (exact) mass is 255 g/mol. The Hall–Kier alpha value is -0.870. The third kappa shape index (κ3) is 2.11. The molecule has 1 N–H and O–H groups in total. The van der Waals surface area contributed by atoms with Gasteiger partial charge >= 0.3 is 0 Å². The summed E-state index contributed by atoms with van der Waals surface area (Å²) >= 11 is 5.71. The molecule has 5 heteroatoms. The summed E-state index contributed by atoms with van der Waals surface area (Å²) in [6.45, 7) is 3.92. The van der Waals surface area contributed by atoms with Crippen LogP contribution in [0.3, 0.4) is 0 Å². The second kappa shape index (κ2) is 4.42. The normalized spacial score (nSPS) is 28.2. The van der Waals surface area contributed by atoms with E-state index in [2.05, 4.69) is 10.3 Å². The number of piperidine rings is 1. The summed E-state index contributed by atoms with van der Waals surface area (Å²) in [7, 11) is 0. The molecule has 0 amide bonds. The highest BCUT2D eigenvalue weighted by atomic mass is 35.5. The van der Waals surface area contributed by atoms with E-state index in [1.54, 1.807) is 0 Å². The molecule has 2 atom stereocenters. The number of hydrogen-bond donors (Lipinski definition) is 1. The van der Waals surface area contributed by atoms with Crippen molar-refractivity contribution in [3.05, 3.63) is 23.1 Å². The van der Waals surface area contributed by atoms with E-state index in [1.165, 1.54) is 12.3 Å². The van der Waals surface area contributed by atoms with E-state index in [0.29, 0.717) is 16.8 Å². The van der Waals surface area contributed by atoms with Crippen LogP contribution in [0.2, 0.25) is 5.02 Å². The van der Waals surface area contributed by atoms with Gasteiger partial charge in [0.05, 0.1) is 5.02 Å². The number of pyridine rings is 1. The Kier molecular flexibility index (Phi) is 2.92. The summed E-state index contributed by atoms with van der Waals surface area (Å²) in [4.78, 5) is 6.16. The predicted molar refractivity (Wildman–Crippen MR) is 65.9 cm³/mol. The fraction of sp³-hybridized carbons (Fsp3) is 0.583. The zero-order valence-corrected chi connectivity index (χ0v) is 10.3. The highest BCUT2D eigenvalue weighted by Crippen LogP contribution is 2.30. The zero-order valence-electron chi connectivity index (χ0n) is 9.50. The van der Waals surface area contributed by atoms with Crippen molar-refractivity contribution in [2.45, 2.75) is 6.42 Å². The first-order valence-corrected chi connectivity index (χ1v) is 6.38. The van der Waals surface area contributed by atoms with E-state index in [-0.39, 0.29) is 5.82 Å². The SMILES string of the molecule is Fc1cc(Cl)cnc1N1CCC2CNCC2C1. The van der Waals surface area contributed by atoms with E-state index in [9.17, 15) is 4.39 Å². The molecule has 2 fully saturated rings. The molecule has 2 aliphatic heterocycles. The number of fused-ring (bicyclic) bond motifs is 1. The maximum Gasteiger partial charge on any atom is 0.167 e. The van der Waals surface area contributed by atoms with Gasteiger partial charge in [0, 0.05) is 19.3 Å². The van der Waals surface area contributed by atoms with E-state index in [4.69, 9.17) is 11.6 Å². The lowest BCUT2D eigenvalue weighted by Crippen LogP contribution is -2.40. The zero-order chi connectivity index (χ0) is 11.8. The van der Waals surface area contributed by atoms with Crippen LogP contribution in [0.25, 0.3) is 0 Å². The first-order valence-electron chi connectivity index (χ1n) is 6.01. The van der Waals surface area contributed by atoms with E-state index in [1.807, 2.05) is 4.90 Å². The van der Waals surface area contributed by atoms with Crippen molar-refractivity contribution in [1.29, 1.82) is 0 Å². The molecule has 0 bridgehead atoms. The minimum Gasteiger partial charge on any atom is -0.354 e. The topological polar surface area (TPSA) is 28.2 Å². The predicted octanol–water partition coefficient (Wildman–Crippen LogP) is 1.92. The molecule has 2 unspecified atom stereocenters. The summed E-state index contributed by atoms with van der Waals surface area (Å²) < 4.78 is 13.8. The van der Waals surface area contributed by atoms with Crippen LogP contribution in [0, 0.1) is 17.7 Å². The third-order valence-corrected chi connectivity index (χ3v) is 4.00. The van der Waals surface area contributed by atoms with Crippen molar-refractivity contribution >= 4 is 17.4 Å². The molecule has 2 aliphatic rings. The molecule has 0 radical (unpaired) electrons. The third-order valence-electron chi connectivity index (χ3n) is 3.79. The molecular weight excluding hydrogens is 241 g/mol. The van der Waals surface area contributed by atoms with Gasteiger partial charge in [-0.05, 0) is 37.4 Å². The maximum absolute atomic E-state index is 13.8. The van der Waals surface area contributed by atoms with Crippen molar-refractivity contribution in [2.75, 3.05) is 31.1 Å². The quantitative estimate of drug-likeness (QED) is 0.831. The number of nitrogens with zero attached hydrogens (tertiary/aromatic N) is 2. The smallest absolute Gasteiger partial charge is 0.167 e. The van der Waals surface area contributed by atoms with Gasteiger partial charge in [0.2, 0.25) is 0 Å².